The molecule has 1 amide bonds. The Morgan fingerprint density at radius 3 is 3.12 bits per heavy atom. The topological polar surface area (TPSA) is 76.6 Å². The highest BCUT2D eigenvalue weighted by molar-refractivity contribution is 7.19. The fourth-order valence-corrected chi connectivity index (χ4v) is 4.78. The van der Waals surface area contributed by atoms with Gasteiger partial charge in [-0.25, -0.2) is 14.5 Å². The van der Waals surface area contributed by atoms with Crippen LogP contribution in [0.1, 0.15) is 46.7 Å². The maximum absolute atomic E-state index is 12.3. The number of carbonyl (C=O) groups is 1. The van der Waals surface area contributed by atoms with E-state index in [4.69, 9.17) is 0 Å². The van der Waals surface area contributed by atoms with E-state index < -0.39 is 0 Å². The van der Waals surface area contributed by atoms with E-state index in [9.17, 15) is 4.79 Å². The molecular formula is C17H23N6OS+. The number of amides is 1. The number of fused-ring (bicyclic) bond motifs is 5. The lowest BCUT2D eigenvalue weighted by Crippen LogP contribution is -3.06. The highest BCUT2D eigenvalue weighted by Crippen LogP contribution is 2.42. The molecule has 0 aliphatic heterocycles. The predicted molar refractivity (Wildman–Crippen MR) is 97.5 cm³/mol. The zero-order chi connectivity index (χ0) is 17.6. The highest BCUT2D eigenvalue weighted by atomic mass is 32.1. The highest BCUT2D eigenvalue weighted by Gasteiger charge is 2.25. The smallest absolute Gasteiger partial charge is 0.291 e. The van der Waals surface area contributed by atoms with E-state index in [2.05, 4.69) is 41.4 Å². The first-order valence-corrected chi connectivity index (χ1v) is 9.60. The summed E-state index contributed by atoms with van der Waals surface area (Å²) in [5.74, 6) is 0.490. The number of nitrogens with one attached hydrogen (secondary N) is 2. The third-order valence-corrected chi connectivity index (χ3v) is 5.96. The third kappa shape index (κ3) is 2.89. The number of aryl methyl sites for hydroxylation is 1. The van der Waals surface area contributed by atoms with Crippen LogP contribution in [0.5, 0.6) is 0 Å². The Labute approximate surface area is 150 Å². The fraction of sp³-hybridized carbons (Fsp3) is 0.529. The van der Waals surface area contributed by atoms with Crippen LogP contribution in [-0.4, -0.2) is 52.7 Å². The summed E-state index contributed by atoms with van der Waals surface area (Å²) >= 11 is 1.76. The third-order valence-electron chi connectivity index (χ3n) is 4.79. The maximum Gasteiger partial charge on any atom is 0.291 e. The molecule has 3 heterocycles. The number of hydrogen-bond acceptors (Lipinski definition) is 5. The molecule has 4 rings (SSSR count). The molecule has 0 saturated carbocycles. The molecule has 3 aromatic heterocycles. The molecule has 3 aromatic rings. The van der Waals surface area contributed by atoms with Crippen molar-refractivity contribution in [2.75, 3.05) is 27.2 Å². The number of aromatic nitrogens is 4. The lowest BCUT2D eigenvalue weighted by atomic mass is 9.87. The van der Waals surface area contributed by atoms with E-state index in [-0.39, 0.29) is 11.7 Å². The van der Waals surface area contributed by atoms with E-state index in [0.717, 1.165) is 28.8 Å². The van der Waals surface area contributed by atoms with E-state index >= 15 is 0 Å². The number of nitrogens with zero attached hydrogens (tertiary/aromatic N) is 4. The second kappa shape index (κ2) is 6.34. The number of quaternary nitrogens is 1. The van der Waals surface area contributed by atoms with Crippen molar-refractivity contribution in [2.24, 2.45) is 0 Å². The SMILES string of the molecule is C[C@@H]1CCCc2sc3ncn4nc(C(=O)NCC[NH+](C)C)nc4c3c21. The molecule has 7 nitrogen and oxygen atoms in total. The summed E-state index contributed by atoms with van der Waals surface area (Å²) in [7, 11) is 4.11. The van der Waals surface area contributed by atoms with Gasteiger partial charge in [0.05, 0.1) is 32.6 Å². The predicted octanol–water partition coefficient (Wildman–Crippen LogP) is 0.653. The molecule has 0 unspecified atom stereocenters. The van der Waals surface area contributed by atoms with E-state index in [1.807, 2.05) is 0 Å². The van der Waals surface area contributed by atoms with Crippen molar-refractivity contribution in [3.05, 3.63) is 22.6 Å². The molecule has 0 bridgehead atoms. The molecule has 132 valence electrons. The number of likely N-dealkylation sites (N-methyl/N-ethyl adjacent to an activating group) is 1. The minimum atomic E-state index is -0.227. The van der Waals surface area contributed by atoms with Crippen LogP contribution in [-0.2, 0) is 6.42 Å². The van der Waals surface area contributed by atoms with Crippen molar-refractivity contribution in [1.82, 2.24) is 24.9 Å². The standard InChI is InChI=1S/C17H22N6OS/c1-10-5-4-6-11-12(10)13-15-20-14(16(24)18-7-8-22(2)3)21-23(15)9-19-17(13)25-11/h9-10H,4-8H2,1-3H3,(H,18,24)/p+1/t10-/m1/s1. The Balaban J connectivity index is 1.74. The molecule has 0 fully saturated rings. The Kier molecular flexibility index (Phi) is 4.16. The summed E-state index contributed by atoms with van der Waals surface area (Å²) in [6.45, 7) is 3.73. The molecule has 1 aliphatic carbocycles. The number of rotatable bonds is 4. The van der Waals surface area contributed by atoms with Gasteiger partial charge in [0.25, 0.3) is 5.91 Å². The van der Waals surface area contributed by atoms with Gasteiger partial charge in [-0.2, -0.15) is 0 Å². The average molecular weight is 359 g/mol. The first kappa shape index (κ1) is 16.4. The monoisotopic (exact) mass is 359 g/mol. The van der Waals surface area contributed by atoms with Gasteiger partial charge >= 0.3 is 0 Å². The van der Waals surface area contributed by atoms with Crippen LogP contribution in [0.15, 0.2) is 6.33 Å². The van der Waals surface area contributed by atoms with Crippen molar-refractivity contribution < 1.29 is 9.69 Å². The summed E-state index contributed by atoms with van der Waals surface area (Å²) < 4.78 is 1.64. The van der Waals surface area contributed by atoms with Crippen LogP contribution in [0.4, 0.5) is 0 Å². The van der Waals surface area contributed by atoms with Crippen molar-refractivity contribution >= 4 is 33.1 Å². The van der Waals surface area contributed by atoms with Crippen LogP contribution in [0.3, 0.4) is 0 Å². The molecule has 1 aliphatic rings. The second-order valence-electron chi connectivity index (χ2n) is 7.07. The summed E-state index contributed by atoms with van der Waals surface area (Å²) in [5, 5.41) is 8.31. The average Bonchev–Trinajstić information content (AvgIpc) is 3.15. The molecule has 0 radical (unpaired) electrons. The Morgan fingerprint density at radius 2 is 2.32 bits per heavy atom. The van der Waals surface area contributed by atoms with Gasteiger partial charge < -0.3 is 10.2 Å². The normalized spacial score (nSPS) is 17.4. The largest absolute Gasteiger partial charge is 0.344 e. The molecular weight excluding hydrogens is 336 g/mol. The number of thiophene rings is 1. The van der Waals surface area contributed by atoms with Crippen molar-refractivity contribution in [1.29, 1.82) is 0 Å². The van der Waals surface area contributed by atoms with Crippen molar-refractivity contribution in [3.8, 4) is 0 Å². The van der Waals surface area contributed by atoms with Crippen LogP contribution < -0.4 is 10.2 Å². The van der Waals surface area contributed by atoms with Gasteiger partial charge in [0, 0.05) is 4.88 Å². The summed E-state index contributed by atoms with van der Waals surface area (Å²) in [6, 6.07) is 0. The van der Waals surface area contributed by atoms with E-state index in [1.54, 1.807) is 22.2 Å². The fourth-order valence-electron chi connectivity index (χ4n) is 3.49. The zero-order valence-corrected chi connectivity index (χ0v) is 15.6. The van der Waals surface area contributed by atoms with Crippen molar-refractivity contribution in [3.63, 3.8) is 0 Å². The first-order chi connectivity index (χ1) is 12.0. The lowest BCUT2D eigenvalue weighted by molar-refractivity contribution is -0.856. The van der Waals surface area contributed by atoms with Gasteiger partial charge in [-0.05, 0) is 30.7 Å². The first-order valence-electron chi connectivity index (χ1n) is 8.78. The van der Waals surface area contributed by atoms with Crippen LogP contribution in [0.2, 0.25) is 0 Å². The Bertz CT molecular complexity index is 944. The lowest BCUT2D eigenvalue weighted by Gasteiger charge is -2.18. The van der Waals surface area contributed by atoms with Crippen LogP contribution in [0, 0.1) is 0 Å². The second-order valence-corrected chi connectivity index (χ2v) is 8.16. The minimum absolute atomic E-state index is 0.214. The Morgan fingerprint density at radius 1 is 1.48 bits per heavy atom. The molecule has 0 saturated heterocycles. The van der Waals surface area contributed by atoms with Gasteiger partial charge in [-0.1, -0.05) is 6.92 Å². The van der Waals surface area contributed by atoms with Gasteiger partial charge in [0.1, 0.15) is 11.2 Å². The molecule has 2 N–H and O–H groups in total. The number of hydrogen-bond donors (Lipinski definition) is 2. The van der Waals surface area contributed by atoms with Crippen molar-refractivity contribution in [2.45, 2.75) is 32.1 Å². The molecule has 0 aromatic carbocycles. The van der Waals surface area contributed by atoms with E-state index in [0.29, 0.717) is 12.5 Å². The van der Waals surface area contributed by atoms with Gasteiger partial charge in [-0.15, -0.1) is 16.4 Å². The zero-order valence-electron chi connectivity index (χ0n) is 14.8. The Hall–Kier alpha value is -2.06. The summed E-state index contributed by atoms with van der Waals surface area (Å²) in [5.41, 5.74) is 2.11. The molecule has 0 spiro atoms. The quantitative estimate of drug-likeness (QED) is 0.717. The van der Waals surface area contributed by atoms with E-state index in [1.165, 1.54) is 28.2 Å². The molecule has 25 heavy (non-hydrogen) atoms. The van der Waals surface area contributed by atoms with Crippen LogP contribution in [0.25, 0.3) is 15.9 Å². The van der Waals surface area contributed by atoms with Gasteiger partial charge in [0.2, 0.25) is 5.82 Å². The molecule has 8 heteroatoms. The summed E-state index contributed by atoms with van der Waals surface area (Å²) in [6.07, 6.45) is 5.19. The molecule has 1 atom stereocenters. The van der Waals surface area contributed by atoms with Gasteiger partial charge in [-0.3, -0.25) is 4.79 Å². The van der Waals surface area contributed by atoms with Crippen LogP contribution >= 0.6 is 11.3 Å². The van der Waals surface area contributed by atoms with Gasteiger partial charge in [0.15, 0.2) is 5.65 Å². The minimum Gasteiger partial charge on any atom is -0.344 e. The maximum atomic E-state index is 12.3. The summed E-state index contributed by atoms with van der Waals surface area (Å²) in [4.78, 5) is 25.2. The number of carbonyl (C=O) groups excluding carboxylic acids is 1.